The van der Waals surface area contributed by atoms with Gasteiger partial charge in [-0.25, -0.2) is 14.8 Å². The van der Waals surface area contributed by atoms with Crippen LogP contribution in [0.15, 0.2) is 48.9 Å². The molecule has 122 valence electrons. The van der Waals surface area contributed by atoms with E-state index in [1.165, 1.54) is 0 Å². The van der Waals surface area contributed by atoms with E-state index in [4.69, 9.17) is 0 Å². The van der Waals surface area contributed by atoms with Crippen molar-refractivity contribution in [1.82, 2.24) is 19.9 Å². The predicted octanol–water partition coefficient (Wildman–Crippen LogP) is 2.31. The van der Waals surface area contributed by atoms with Gasteiger partial charge >= 0.3 is 6.03 Å². The lowest BCUT2D eigenvalue weighted by molar-refractivity contribution is 0.208. The number of fused-ring (bicyclic) bond motifs is 1. The Morgan fingerprint density at radius 2 is 1.79 bits per heavy atom. The molecule has 0 spiro atoms. The fourth-order valence-corrected chi connectivity index (χ4v) is 2.93. The van der Waals surface area contributed by atoms with Gasteiger partial charge < -0.3 is 20.1 Å². The van der Waals surface area contributed by atoms with Gasteiger partial charge in [0, 0.05) is 55.7 Å². The van der Waals surface area contributed by atoms with E-state index in [1.54, 1.807) is 18.5 Å². The van der Waals surface area contributed by atoms with Crippen molar-refractivity contribution in [2.45, 2.75) is 0 Å². The van der Waals surface area contributed by atoms with E-state index in [1.807, 2.05) is 35.4 Å². The van der Waals surface area contributed by atoms with Gasteiger partial charge in [-0.05, 0) is 12.1 Å². The Kier molecular flexibility index (Phi) is 3.74. The summed E-state index contributed by atoms with van der Waals surface area (Å²) in [6.07, 6.45) is 5.30. The molecule has 0 bridgehead atoms. The quantitative estimate of drug-likeness (QED) is 0.759. The third-order valence-electron chi connectivity index (χ3n) is 4.23. The third kappa shape index (κ3) is 2.76. The average molecular weight is 322 g/mol. The van der Waals surface area contributed by atoms with Crippen LogP contribution in [0.25, 0.3) is 10.9 Å². The highest BCUT2D eigenvalue weighted by Crippen LogP contribution is 2.23. The SMILES string of the molecule is O=C(Nc1c[nH]c2ccccc12)N1CCN(c2ncccn2)CC1. The first-order valence-electron chi connectivity index (χ1n) is 7.95. The molecule has 1 aliphatic rings. The van der Waals surface area contributed by atoms with Crippen molar-refractivity contribution in [3.05, 3.63) is 48.9 Å². The second-order valence-corrected chi connectivity index (χ2v) is 5.70. The highest BCUT2D eigenvalue weighted by molar-refractivity contribution is 6.01. The number of urea groups is 1. The van der Waals surface area contributed by atoms with Crippen molar-refractivity contribution in [2.75, 3.05) is 36.4 Å². The first-order chi connectivity index (χ1) is 11.8. The molecule has 7 heteroatoms. The number of aromatic nitrogens is 3. The lowest BCUT2D eigenvalue weighted by atomic mass is 10.2. The minimum atomic E-state index is -0.0756. The van der Waals surface area contributed by atoms with Crippen molar-refractivity contribution in [2.24, 2.45) is 0 Å². The molecule has 1 saturated heterocycles. The van der Waals surface area contributed by atoms with E-state index in [2.05, 4.69) is 25.2 Å². The topological polar surface area (TPSA) is 77.2 Å². The van der Waals surface area contributed by atoms with Crippen molar-refractivity contribution in [3.63, 3.8) is 0 Å². The van der Waals surface area contributed by atoms with Gasteiger partial charge in [-0.2, -0.15) is 0 Å². The zero-order chi connectivity index (χ0) is 16.4. The monoisotopic (exact) mass is 322 g/mol. The summed E-state index contributed by atoms with van der Waals surface area (Å²) in [7, 11) is 0. The van der Waals surface area contributed by atoms with Gasteiger partial charge in [0.05, 0.1) is 5.69 Å². The summed E-state index contributed by atoms with van der Waals surface area (Å²) in [5, 5.41) is 4.01. The molecule has 7 nitrogen and oxygen atoms in total. The minimum absolute atomic E-state index is 0.0756. The van der Waals surface area contributed by atoms with Crippen molar-refractivity contribution >= 4 is 28.6 Å². The van der Waals surface area contributed by atoms with Gasteiger partial charge in [0.1, 0.15) is 0 Å². The molecule has 24 heavy (non-hydrogen) atoms. The van der Waals surface area contributed by atoms with E-state index in [9.17, 15) is 4.79 Å². The van der Waals surface area contributed by atoms with Gasteiger partial charge in [0.15, 0.2) is 0 Å². The fourth-order valence-electron chi connectivity index (χ4n) is 2.93. The highest BCUT2D eigenvalue weighted by atomic mass is 16.2. The van der Waals surface area contributed by atoms with Crippen LogP contribution in [0.2, 0.25) is 0 Å². The Morgan fingerprint density at radius 3 is 2.58 bits per heavy atom. The normalized spacial score (nSPS) is 14.8. The van der Waals surface area contributed by atoms with Crippen LogP contribution in [-0.4, -0.2) is 52.1 Å². The van der Waals surface area contributed by atoms with E-state index in [-0.39, 0.29) is 6.03 Å². The number of carbonyl (C=O) groups is 1. The number of H-pyrrole nitrogens is 1. The molecule has 3 heterocycles. The van der Waals surface area contributed by atoms with Crippen LogP contribution < -0.4 is 10.2 Å². The van der Waals surface area contributed by atoms with Crippen molar-refractivity contribution in [1.29, 1.82) is 0 Å². The van der Waals surface area contributed by atoms with Crippen LogP contribution in [0, 0.1) is 0 Å². The minimum Gasteiger partial charge on any atom is -0.359 e. The Hall–Kier alpha value is -3.09. The van der Waals surface area contributed by atoms with Crippen LogP contribution in [0.3, 0.4) is 0 Å². The molecule has 2 aromatic heterocycles. The largest absolute Gasteiger partial charge is 0.359 e. The molecular formula is C17H18N6O. The second-order valence-electron chi connectivity index (χ2n) is 5.70. The van der Waals surface area contributed by atoms with Crippen molar-refractivity contribution in [3.8, 4) is 0 Å². The predicted molar refractivity (Wildman–Crippen MR) is 93.1 cm³/mol. The van der Waals surface area contributed by atoms with E-state index < -0.39 is 0 Å². The average Bonchev–Trinajstić information content (AvgIpc) is 3.06. The number of benzene rings is 1. The van der Waals surface area contributed by atoms with Crippen molar-refractivity contribution < 1.29 is 4.79 Å². The fraction of sp³-hybridized carbons (Fsp3) is 0.235. The zero-order valence-electron chi connectivity index (χ0n) is 13.1. The van der Waals surface area contributed by atoms with E-state index in [0.717, 1.165) is 29.7 Å². The smallest absolute Gasteiger partial charge is 0.322 e. The lowest BCUT2D eigenvalue weighted by Crippen LogP contribution is -2.50. The van der Waals surface area contributed by atoms with Crippen LogP contribution in [0.5, 0.6) is 0 Å². The molecule has 0 atom stereocenters. The summed E-state index contributed by atoms with van der Waals surface area (Å²) in [6, 6.07) is 9.64. The molecule has 4 rings (SSSR count). The maximum Gasteiger partial charge on any atom is 0.322 e. The molecule has 1 fully saturated rings. The summed E-state index contributed by atoms with van der Waals surface area (Å²) in [5.41, 5.74) is 1.82. The Labute approximate surface area is 139 Å². The first kappa shape index (κ1) is 14.5. The number of rotatable bonds is 2. The Morgan fingerprint density at radius 1 is 1.04 bits per heavy atom. The molecule has 0 unspecified atom stereocenters. The highest BCUT2D eigenvalue weighted by Gasteiger charge is 2.22. The van der Waals surface area contributed by atoms with Crippen LogP contribution >= 0.6 is 0 Å². The molecule has 2 N–H and O–H groups in total. The van der Waals surface area contributed by atoms with Gasteiger partial charge in [-0.1, -0.05) is 18.2 Å². The summed E-state index contributed by atoms with van der Waals surface area (Å²) >= 11 is 0. The molecule has 1 aliphatic heterocycles. The van der Waals surface area contributed by atoms with Gasteiger partial charge in [0.2, 0.25) is 5.95 Å². The first-order valence-corrected chi connectivity index (χ1v) is 7.95. The number of hydrogen-bond donors (Lipinski definition) is 2. The number of para-hydroxylation sites is 1. The van der Waals surface area contributed by atoms with Gasteiger partial charge in [0.25, 0.3) is 0 Å². The number of nitrogens with zero attached hydrogens (tertiary/aromatic N) is 4. The van der Waals surface area contributed by atoms with Crippen LogP contribution in [0.1, 0.15) is 0 Å². The molecule has 1 aromatic carbocycles. The van der Waals surface area contributed by atoms with Gasteiger partial charge in [-0.15, -0.1) is 0 Å². The zero-order valence-corrected chi connectivity index (χ0v) is 13.1. The lowest BCUT2D eigenvalue weighted by Gasteiger charge is -2.34. The standard InChI is InChI=1S/C17H18N6O/c24-17(21-15-12-20-14-5-2-1-4-13(14)15)23-10-8-22(9-11-23)16-18-6-3-7-19-16/h1-7,12,20H,8-11H2,(H,21,24). The maximum absolute atomic E-state index is 12.5. The number of carbonyl (C=O) groups excluding carboxylic acids is 1. The summed E-state index contributed by atoms with van der Waals surface area (Å²) in [6.45, 7) is 2.75. The number of anilines is 2. The number of aromatic amines is 1. The molecule has 2 amide bonds. The van der Waals surface area contributed by atoms with Crippen LogP contribution in [-0.2, 0) is 0 Å². The molecule has 3 aromatic rings. The Bertz CT molecular complexity index is 838. The number of piperazine rings is 1. The second kappa shape index (κ2) is 6.19. The maximum atomic E-state index is 12.5. The summed E-state index contributed by atoms with van der Waals surface area (Å²) in [5.74, 6) is 0.717. The molecule has 0 aliphatic carbocycles. The molecule has 0 saturated carbocycles. The van der Waals surface area contributed by atoms with Gasteiger partial charge in [-0.3, -0.25) is 0 Å². The van der Waals surface area contributed by atoms with Crippen LogP contribution in [0.4, 0.5) is 16.4 Å². The number of hydrogen-bond acceptors (Lipinski definition) is 4. The summed E-state index contributed by atoms with van der Waals surface area (Å²) < 4.78 is 0. The van der Waals surface area contributed by atoms with E-state index >= 15 is 0 Å². The number of amides is 2. The summed E-state index contributed by atoms with van der Waals surface area (Å²) in [4.78, 5) is 28.1. The molecule has 0 radical (unpaired) electrons. The third-order valence-corrected chi connectivity index (χ3v) is 4.23. The molecular weight excluding hydrogens is 304 g/mol. The Balaban J connectivity index is 1.40. The number of nitrogens with one attached hydrogen (secondary N) is 2. The van der Waals surface area contributed by atoms with E-state index in [0.29, 0.717) is 19.0 Å².